The van der Waals surface area contributed by atoms with E-state index < -0.39 is 0 Å². The highest BCUT2D eigenvalue weighted by Gasteiger charge is 2.27. The number of rotatable bonds is 4. The Kier molecular flexibility index (Phi) is 4.90. The van der Waals surface area contributed by atoms with Gasteiger partial charge in [0.25, 0.3) is 0 Å². The SMILES string of the molecule is CCCC1CN(C(C)C)C(CC)CN1. The third kappa shape index (κ3) is 2.96. The van der Waals surface area contributed by atoms with Crippen molar-refractivity contribution in [2.24, 2.45) is 0 Å². The molecule has 2 atom stereocenters. The Morgan fingerprint density at radius 3 is 2.57 bits per heavy atom. The lowest BCUT2D eigenvalue weighted by atomic mass is 10.0. The van der Waals surface area contributed by atoms with E-state index in [1.54, 1.807) is 0 Å². The fourth-order valence-corrected chi connectivity index (χ4v) is 2.44. The predicted molar refractivity (Wildman–Crippen MR) is 62.6 cm³/mol. The third-order valence-corrected chi connectivity index (χ3v) is 3.31. The average molecular weight is 198 g/mol. The van der Waals surface area contributed by atoms with Crippen LogP contribution < -0.4 is 5.32 Å². The molecule has 2 nitrogen and oxygen atoms in total. The van der Waals surface area contributed by atoms with Gasteiger partial charge >= 0.3 is 0 Å². The van der Waals surface area contributed by atoms with E-state index in [0.717, 1.165) is 12.1 Å². The molecule has 0 aromatic carbocycles. The molecule has 2 unspecified atom stereocenters. The van der Waals surface area contributed by atoms with E-state index in [2.05, 4.69) is 37.9 Å². The molecule has 1 heterocycles. The summed E-state index contributed by atoms with van der Waals surface area (Å²) in [6.45, 7) is 11.6. The Hall–Kier alpha value is -0.0800. The van der Waals surface area contributed by atoms with Crippen LogP contribution in [0, 0.1) is 0 Å². The monoisotopic (exact) mass is 198 g/mol. The fourth-order valence-electron chi connectivity index (χ4n) is 2.44. The van der Waals surface area contributed by atoms with Gasteiger partial charge in [0, 0.05) is 31.2 Å². The molecule has 0 aliphatic carbocycles. The number of hydrogen-bond donors (Lipinski definition) is 1. The minimum Gasteiger partial charge on any atom is -0.311 e. The molecule has 2 heteroatoms. The zero-order valence-electron chi connectivity index (χ0n) is 10.2. The number of piperazine rings is 1. The lowest BCUT2D eigenvalue weighted by Gasteiger charge is -2.42. The molecular formula is C12H26N2. The maximum absolute atomic E-state index is 3.66. The van der Waals surface area contributed by atoms with Crippen molar-refractivity contribution in [3.8, 4) is 0 Å². The summed E-state index contributed by atoms with van der Waals surface area (Å²) in [6.07, 6.45) is 3.88. The molecule has 0 saturated carbocycles. The Morgan fingerprint density at radius 1 is 1.36 bits per heavy atom. The summed E-state index contributed by atoms with van der Waals surface area (Å²) in [6, 6.07) is 2.18. The lowest BCUT2D eigenvalue weighted by Crippen LogP contribution is -2.58. The first-order valence-electron chi connectivity index (χ1n) is 6.18. The molecule has 1 saturated heterocycles. The van der Waals surface area contributed by atoms with Crippen molar-refractivity contribution in [1.82, 2.24) is 10.2 Å². The minimum absolute atomic E-state index is 0.696. The van der Waals surface area contributed by atoms with Crippen LogP contribution in [-0.4, -0.2) is 36.1 Å². The molecule has 0 spiro atoms. The van der Waals surface area contributed by atoms with Crippen LogP contribution in [0.1, 0.15) is 47.0 Å². The van der Waals surface area contributed by atoms with Gasteiger partial charge < -0.3 is 5.32 Å². The molecule has 1 N–H and O–H groups in total. The summed E-state index contributed by atoms with van der Waals surface area (Å²) < 4.78 is 0. The van der Waals surface area contributed by atoms with Crippen molar-refractivity contribution in [2.75, 3.05) is 13.1 Å². The Morgan fingerprint density at radius 2 is 2.07 bits per heavy atom. The summed E-state index contributed by atoms with van der Waals surface area (Å²) in [5, 5.41) is 3.66. The van der Waals surface area contributed by atoms with Crippen LogP contribution in [0.2, 0.25) is 0 Å². The van der Waals surface area contributed by atoms with E-state index in [0.29, 0.717) is 6.04 Å². The quantitative estimate of drug-likeness (QED) is 0.745. The van der Waals surface area contributed by atoms with Gasteiger partial charge in [0.05, 0.1) is 0 Å². The smallest absolute Gasteiger partial charge is 0.0221 e. The van der Waals surface area contributed by atoms with Crippen molar-refractivity contribution < 1.29 is 0 Å². The topological polar surface area (TPSA) is 15.3 Å². The largest absolute Gasteiger partial charge is 0.311 e. The second kappa shape index (κ2) is 5.72. The van der Waals surface area contributed by atoms with Crippen molar-refractivity contribution in [3.05, 3.63) is 0 Å². The highest BCUT2D eigenvalue weighted by Crippen LogP contribution is 2.15. The van der Waals surface area contributed by atoms with E-state index in [9.17, 15) is 0 Å². The van der Waals surface area contributed by atoms with Crippen molar-refractivity contribution in [3.63, 3.8) is 0 Å². The maximum atomic E-state index is 3.66. The highest BCUT2D eigenvalue weighted by molar-refractivity contribution is 4.86. The number of nitrogens with zero attached hydrogens (tertiary/aromatic N) is 1. The highest BCUT2D eigenvalue weighted by atomic mass is 15.2. The van der Waals surface area contributed by atoms with Crippen LogP contribution in [0.4, 0.5) is 0 Å². The van der Waals surface area contributed by atoms with Crippen LogP contribution in [-0.2, 0) is 0 Å². The van der Waals surface area contributed by atoms with Crippen molar-refractivity contribution in [2.45, 2.75) is 65.1 Å². The Bertz CT molecular complexity index is 156. The molecule has 1 aliphatic heterocycles. The zero-order chi connectivity index (χ0) is 10.6. The van der Waals surface area contributed by atoms with Gasteiger partial charge in [-0.1, -0.05) is 20.3 Å². The van der Waals surface area contributed by atoms with Crippen LogP contribution in [0.5, 0.6) is 0 Å². The number of nitrogens with one attached hydrogen (secondary N) is 1. The first-order valence-corrected chi connectivity index (χ1v) is 6.18. The first kappa shape index (κ1) is 12.0. The second-order valence-electron chi connectivity index (χ2n) is 4.75. The molecular weight excluding hydrogens is 172 g/mol. The van der Waals surface area contributed by atoms with E-state index in [1.807, 2.05) is 0 Å². The molecule has 0 amide bonds. The van der Waals surface area contributed by atoms with Gasteiger partial charge in [0.15, 0.2) is 0 Å². The second-order valence-corrected chi connectivity index (χ2v) is 4.75. The lowest BCUT2D eigenvalue weighted by molar-refractivity contribution is 0.0913. The summed E-state index contributed by atoms with van der Waals surface area (Å²) in [5.74, 6) is 0. The standard InChI is InChI=1S/C12H26N2/c1-5-7-11-9-14(10(3)4)12(6-2)8-13-11/h10-13H,5-9H2,1-4H3. The van der Waals surface area contributed by atoms with Crippen molar-refractivity contribution in [1.29, 1.82) is 0 Å². The Labute approximate surface area is 89.1 Å². The first-order chi connectivity index (χ1) is 6.69. The van der Waals surface area contributed by atoms with Gasteiger partial charge in [0.1, 0.15) is 0 Å². The molecule has 0 radical (unpaired) electrons. The molecule has 0 aromatic rings. The summed E-state index contributed by atoms with van der Waals surface area (Å²) in [5.41, 5.74) is 0. The maximum Gasteiger partial charge on any atom is 0.0221 e. The molecule has 1 fully saturated rings. The van der Waals surface area contributed by atoms with E-state index in [-0.39, 0.29) is 0 Å². The fraction of sp³-hybridized carbons (Fsp3) is 1.00. The number of hydrogen-bond acceptors (Lipinski definition) is 2. The van der Waals surface area contributed by atoms with Crippen LogP contribution in [0.25, 0.3) is 0 Å². The zero-order valence-corrected chi connectivity index (χ0v) is 10.2. The minimum atomic E-state index is 0.696. The normalized spacial score (nSPS) is 29.8. The molecule has 0 bridgehead atoms. The van der Waals surface area contributed by atoms with E-state index in [4.69, 9.17) is 0 Å². The van der Waals surface area contributed by atoms with Gasteiger partial charge in [-0.15, -0.1) is 0 Å². The summed E-state index contributed by atoms with van der Waals surface area (Å²) in [7, 11) is 0. The van der Waals surface area contributed by atoms with Gasteiger partial charge in [-0.05, 0) is 26.7 Å². The summed E-state index contributed by atoms with van der Waals surface area (Å²) in [4.78, 5) is 2.66. The van der Waals surface area contributed by atoms with Gasteiger partial charge in [-0.25, -0.2) is 0 Å². The molecule has 14 heavy (non-hydrogen) atoms. The van der Waals surface area contributed by atoms with Gasteiger partial charge in [-0.3, -0.25) is 4.90 Å². The third-order valence-electron chi connectivity index (χ3n) is 3.31. The van der Waals surface area contributed by atoms with E-state index >= 15 is 0 Å². The van der Waals surface area contributed by atoms with Gasteiger partial charge in [-0.2, -0.15) is 0 Å². The van der Waals surface area contributed by atoms with E-state index in [1.165, 1.54) is 32.4 Å². The van der Waals surface area contributed by atoms with Crippen LogP contribution >= 0.6 is 0 Å². The van der Waals surface area contributed by atoms with Crippen LogP contribution in [0.15, 0.2) is 0 Å². The summed E-state index contributed by atoms with van der Waals surface area (Å²) >= 11 is 0. The Balaban J connectivity index is 2.48. The molecule has 1 rings (SSSR count). The van der Waals surface area contributed by atoms with Crippen LogP contribution in [0.3, 0.4) is 0 Å². The predicted octanol–water partition coefficient (Wildman–Crippen LogP) is 2.25. The van der Waals surface area contributed by atoms with Crippen molar-refractivity contribution >= 4 is 0 Å². The van der Waals surface area contributed by atoms with Gasteiger partial charge in [0.2, 0.25) is 0 Å². The average Bonchev–Trinajstić information content (AvgIpc) is 2.18. The molecule has 1 aliphatic rings. The molecule has 0 aromatic heterocycles. The molecule has 84 valence electrons.